The lowest BCUT2D eigenvalue weighted by Gasteiger charge is -2.37. The maximum atomic E-state index is 11.5. The van der Waals surface area contributed by atoms with Gasteiger partial charge in [-0.25, -0.2) is 9.79 Å². The Bertz CT molecular complexity index is 850. The third kappa shape index (κ3) is 6.01. The number of anilines is 1. The number of carbonyl (C=O) groups is 1. The van der Waals surface area contributed by atoms with E-state index in [2.05, 4.69) is 22.0 Å². The molecule has 1 fully saturated rings. The number of phenolic OH excluding ortho intramolecular Hbond substituents is 1. The zero-order valence-electron chi connectivity index (χ0n) is 17.4. The number of benzene rings is 2. The zero-order valence-corrected chi connectivity index (χ0v) is 19.7. The predicted molar refractivity (Wildman–Crippen MR) is 130 cm³/mol. The summed E-state index contributed by atoms with van der Waals surface area (Å²) in [5.74, 6) is 0.856. The van der Waals surface area contributed by atoms with Crippen molar-refractivity contribution in [2.45, 2.75) is 13.5 Å². The number of rotatable bonds is 5. The number of carbonyl (C=O) groups excluding carboxylic acids is 1. The fourth-order valence-electron chi connectivity index (χ4n) is 3.35. The summed E-state index contributed by atoms with van der Waals surface area (Å²) in [5.41, 5.74) is 2.44. The molecule has 1 aliphatic rings. The number of esters is 1. The number of halogens is 1. The molecule has 0 saturated carbocycles. The number of hydrogen-bond donors (Lipinski definition) is 2. The number of aliphatic imine (C=N–C) groups is 1. The molecule has 1 heterocycles. The van der Waals surface area contributed by atoms with Crippen LogP contribution in [-0.4, -0.2) is 61.8 Å². The Balaban J connectivity index is 0.00000320. The highest BCUT2D eigenvalue weighted by molar-refractivity contribution is 14.0. The van der Waals surface area contributed by atoms with Crippen molar-refractivity contribution in [3.8, 4) is 5.75 Å². The Kier molecular flexibility index (Phi) is 9.22. The topological polar surface area (TPSA) is 77.4 Å². The number of piperazine rings is 1. The molecule has 2 aromatic rings. The molecule has 8 heteroatoms. The van der Waals surface area contributed by atoms with Crippen molar-refractivity contribution in [3.63, 3.8) is 0 Å². The molecule has 7 nitrogen and oxygen atoms in total. The Morgan fingerprint density at radius 2 is 1.77 bits per heavy atom. The maximum Gasteiger partial charge on any atom is 0.337 e. The van der Waals surface area contributed by atoms with Crippen molar-refractivity contribution in [2.75, 3.05) is 44.7 Å². The lowest BCUT2D eigenvalue weighted by molar-refractivity contribution is 0.0600. The average Bonchev–Trinajstić information content (AvgIpc) is 2.77. The van der Waals surface area contributed by atoms with Gasteiger partial charge in [0.05, 0.1) is 24.9 Å². The van der Waals surface area contributed by atoms with Gasteiger partial charge in [0.15, 0.2) is 5.96 Å². The number of guanidine groups is 1. The van der Waals surface area contributed by atoms with Crippen molar-refractivity contribution in [1.29, 1.82) is 0 Å². The molecule has 3 rings (SSSR count). The van der Waals surface area contributed by atoms with Crippen molar-refractivity contribution in [1.82, 2.24) is 10.2 Å². The monoisotopic (exact) mass is 524 g/mol. The smallest absolute Gasteiger partial charge is 0.337 e. The first-order valence-corrected chi connectivity index (χ1v) is 9.85. The molecule has 0 spiro atoms. The second-order valence-corrected chi connectivity index (χ2v) is 6.82. The second-order valence-electron chi connectivity index (χ2n) is 6.82. The van der Waals surface area contributed by atoms with E-state index in [1.54, 1.807) is 18.2 Å². The van der Waals surface area contributed by atoms with Crippen molar-refractivity contribution >= 4 is 41.6 Å². The maximum absolute atomic E-state index is 11.5. The van der Waals surface area contributed by atoms with Crippen LogP contribution < -0.4 is 10.2 Å². The van der Waals surface area contributed by atoms with Gasteiger partial charge in [0.1, 0.15) is 5.75 Å². The molecule has 0 aliphatic carbocycles. The van der Waals surface area contributed by atoms with E-state index in [1.165, 1.54) is 7.11 Å². The van der Waals surface area contributed by atoms with E-state index in [0.717, 1.165) is 49.9 Å². The molecule has 0 aromatic heterocycles. The first kappa shape index (κ1) is 23.8. The number of hydrogen-bond acceptors (Lipinski definition) is 5. The van der Waals surface area contributed by atoms with E-state index in [0.29, 0.717) is 17.9 Å². The van der Waals surface area contributed by atoms with Gasteiger partial charge in [0, 0.05) is 32.7 Å². The number of para-hydroxylation sites is 2. The quantitative estimate of drug-likeness (QED) is 0.271. The SMILES string of the molecule is CCNC(=NCc1ccc(C(=O)OC)cc1)N1CCN(c2ccccc2O)CC1.I. The van der Waals surface area contributed by atoms with Crippen LogP contribution in [0.2, 0.25) is 0 Å². The second kappa shape index (κ2) is 11.6. The molecule has 2 aromatic carbocycles. The van der Waals surface area contributed by atoms with E-state index in [1.807, 2.05) is 30.3 Å². The minimum Gasteiger partial charge on any atom is -0.506 e. The fraction of sp³-hybridized carbons (Fsp3) is 0.364. The molecule has 162 valence electrons. The summed E-state index contributed by atoms with van der Waals surface area (Å²) >= 11 is 0. The highest BCUT2D eigenvalue weighted by atomic mass is 127. The van der Waals surface area contributed by atoms with Gasteiger partial charge in [0.25, 0.3) is 0 Å². The molecule has 30 heavy (non-hydrogen) atoms. The van der Waals surface area contributed by atoms with Crippen LogP contribution in [0.3, 0.4) is 0 Å². The molecular formula is C22H29IN4O3. The van der Waals surface area contributed by atoms with E-state index in [-0.39, 0.29) is 29.9 Å². The fourth-order valence-corrected chi connectivity index (χ4v) is 3.35. The van der Waals surface area contributed by atoms with Crippen LogP contribution in [0, 0.1) is 0 Å². The van der Waals surface area contributed by atoms with Gasteiger partial charge in [0.2, 0.25) is 0 Å². The first-order chi connectivity index (χ1) is 14.1. The molecular weight excluding hydrogens is 495 g/mol. The van der Waals surface area contributed by atoms with Crippen molar-refractivity contribution < 1.29 is 14.6 Å². The van der Waals surface area contributed by atoms with Crippen LogP contribution in [0.5, 0.6) is 5.75 Å². The number of ether oxygens (including phenoxy) is 1. The number of aromatic hydroxyl groups is 1. The average molecular weight is 524 g/mol. The summed E-state index contributed by atoms with van der Waals surface area (Å²) in [6.07, 6.45) is 0. The van der Waals surface area contributed by atoms with Gasteiger partial charge in [-0.15, -0.1) is 24.0 Å². The predicted octanol–water partition coefficient (Wildman–Crippen LogP) is 3.08. The third-order valence-corrected chi connectivity index (χ3v) is 4.92. The zero-order chi connectivity index (χ0) is 20.6. The van der Waals surface area contributed by atoms with Crippen LogP contribution in [-0.2, 0) is 11.3 Å². The van der Waals surface area contributed by atoms with Crippen LogP contribution in [0.25, 0.3) is 0 Å². The molecule has 2 N–H and O–H groups in total. The Labute approximate surface area is 194 Å². The number of nitrogens with zero attached hydrogens (tertiary/aromatic N) is 3. The summed E-state index contributed by atoms with van der Waals surface area (Å²) in [7, 11) is 1.38. The minimum atomic E-state index is -0.337. The summed E-state index contributed by atoms with van der Waals surface area (Å²) in [6, 6.07) is 14.8. The molecule has 0 unspecified atom stereocenters. The molecule has 1 aliphatic heterocycles. The van der Waals surface area contributed by atoms with E-state index in [4.69, 9.17) is 9.73 Å². The lowest BCUT2D eigenvalue weighted by Crippen LogP contribution is -2.52. The minimum absolute atomic E-state index is 0. The molecule has 0 atom stereocenters. The Morgan fingerprint density at radius 1 is 1.10 bits per heavy atom. The molecule has 0 amide bonds. The molecule has 0 bridgehead atoms. The van der Waals surface area contributed by atoms with E-state index < -0.39 is 0 Å². The Hall–Kier alpha value is -2.49. The summed E-state index contributed by atoms with van der Waals surface area (Å²) in [5, 5.41) is 13.4. The van der Waals surface area contributed by atoms with E-state index >= 15 is 0 Å². The van der Waals surface area contributed by atoms with Gasteiger partial charge >= 0.3 is 5.97 Å². The summed E-state index contributed by atoms with van der Waals surface area (Å²) < 4.78 is 4.73. The van der Waals surface area contributed by atoms with Crippen molar-refractivity contribution in [3.05, 3.63) is 59.7 Å². The van der Waals surface area contributed by atoms with Gasteiger partial charge in [-0.3, -0.25) is 0 Å². The standard InChI is InChI=1S/C22H28N4O3.HI/c1-3-23-22(24-16-17-8-10-18(11-9-17)21(28)29-2)26-14-12-25(13-15-26)19-6-4-5-7-20(19)27;/h4-11,27H,3,12-16H2,1-2H3,(H,23,24);1H. The number of phenols is 1. The van der Waals surface area contributed by atoms with Crippen LogP contribution in [0.15, 0.2) is 53.5 Å². The van der Waals surface area contributed by atoms with Gasteiger partial charge in [-0.05, 0) is 36.8 Å². The third-order valence-electron chi connectivity index (χ3n) is 4.92. The van der Waals surface area contributed by atoms with Crippen LogP contribution >= 0.6 is 24.0 Å². The van der Waals surface area contributed by atoms with Gasteiger partial charge < -0.3 is 25.0 Å². The van der Waals surface area contributed by atoms with Crippen LogP contribution in [0.1, 0.15) is 22.8 Å². The first-order valence-electron chi connectivity index (χ1n) is 9.85. The van der Waals surface area contributed by atoms with E-state index in [9.17, 15) is 9.90 Å². The lowest BCUT2D eigenvalue weighted by atomic mass is 10.1. The highest BCUT2D eigenvalue weighted by Gasteiger charge is 2.21. The van der Waals surface area contributed by atoms with Gasteiger partial charge in [-0.1, -0.05) is 24.3 Å². The summed E-state index contributed by atoms with van der Waals surface area (Å²) in [4.78, 5) is 20.7. The van der Waals surface area contributed by atoms with Crippen LogP contribution in [0.4, 0.5) is 5.69 Å². The highest BCUT2D eigenvalue weighted by Crippen LogP contribution is 2.27. The normalized spacial score (nSPS) is 14.1. The van der Waals surface area contributed by atoms with Crippen molar-refractivity contribution in [2.24, 2.45) is 4.99 Å². The number of nitrogens with one attached hydrogen (secondary N) is 1. The number of methoxy groups -OCH3 is 1. The largest absolute Gasteiger partial charge is 0.506 e. The molecule has 1 saturated heterocycles. The van der Waals surface area contributed by atoms with Gasteiger partial charge in [-0.2, -0.15) is 0 Å². The molecule has 0 radical (unpaired) electrons. The summed E-state index contributed by atoms with van der Waals surface area (Å²) in [6.45, 7) is 6.65. The Morgan fingerprint density at radius 3 is 2.37 bits per heavy atom.